The molecule has 0 radical (unpaired) electrons. The van der Waals surface area contributed by atoms with Crippen molar-refractivity contribution in [3.8, 4) is 0 Å². The van der Waals surface area contributed by atoms with Gasteiger partial charge in [-0.25, -0.2) is 0 Å². The maximum atomic E-state index is 6.04. The number of aromatic nitrogens is 2. The molecule has 100 valence electrons. The zero-order chi connectivity index (χ0) is 13.9. The van der Waals surface area contributed by atoms with Crippen molar-refractivity contribution in [3.63, 3.8) is 0 Å². The summed E-state index contributed by atoms with van der Waals surface area (Å²) in [7, 11) is 0. The Morgan fingerprint density at radius 1 is 1.15 bits per heavy atom. The molecule has 1 aromatic carbocycles. The van der Waals surface area contributed by atoms with Crippen LogP contribution in [0.4, 0.5) is 11.4 Å². The van der Waals surface area contributed by atoms with Gasteiger partial charge in [0, 0.05) is 16.1 Å². The molecule has 2 heterocycles. The molecule has 0 aliphatic rings. The number of benzene rings is 1. The van der Waals surface area contributed by atoms with Gasteiger partial charge < -0.3 is 11.1 Å². The average molecular weight is 329 g/mol. The van der Waals surface area contributed by atoms with Gasteiger partial charge in [0.2, 0.25) is 0 Å². The third kappa shape index (κ3) is 2.58. The lowest BCUT2D eigenvalue weighted by atomic mass is 10.1. The number of hydrogen-bond donors (Lipinski definition) is 2. The lowest BCUT2D eigenvalue weighted by Gasteiger charge is -2.12. The number of fused-ring (bicyclic) bond motifs is 1. The SMILES string of the molecule is Nc1cnc2ccc(Br)cc2c1NCc1ccccn1. The Morgan fingerprint density at radius 2 is 2.05 bits per heavy atom. The van der Waals surface area contributed by atoms with Crippen molar-refractivity contribution in [2.45, 2.75) is 6.54 Å². The van der Waals surface area contributed by atoms with E-state index >= 15 is 0 Å². The highest BCUT2D eigenvalue weighted by molar-refractivity contribution is 9.10. The van der Waals surface area contributed by atoms with Crippen LogP contribution >= 0.6 is 15.9 Å². The van der Waals surface area contributed by atoms with E-state index in [4.69, 9.17) is 5.73 Å². The third-order valence-electron chi connectivity index (χ3n) is 3.03. The molecule has 0 aliphatic heterocycles. The van der Waals surface area contributed by atoms with Crippen LogP contribution in [0.1, 0.15) is 5.69 Å². The Morgan fingerprint density at radius 3 is 2.85 bits per heavy atom. The molecular formula is C15H13BrN4. The molecule has 0 fully saturated rings. The summed E-state index contributed by atoms with van der Waals surface area (Å²) >= 11 is 3.48. The molecule has 0 aliphatic carbocycles. The number of nitrogens with two attached hydrogens (primary N) is 1. The van der Waals surface area contributed by atoms with Crippen molar-refractivity contribution >= 4 is 38.2 Å². The first kappa shape index (κ1) is 12.9. The van der Waals surface area contributed by atoms with Crippen LogP contribution in [0.25, 0.3) is 10.9 Å². The van der Waals surface area contributed by atoms with Gasteiger partial charge >= 0.3 is 0 Å². The van der Waals surface area contributed by atoms with E-state index in [-0.39, 0.29) is 0 Å². The Kier molecular flexibility index (Phi) is 3.52. The predicted molar refractivity (Wildman–Crippen MR) is 85.4 cm³/mol. The van der Waals surface area contributed by atoms with E-state index in [0.717, 1.165) is 26.8 Å². The zero-order valence-corrected chi connectivity index (χ0v) is 12.3. The summed E-state index contributed by atoms with van der Waals surface area (Å²) in [5, 5.41) is 4.35. The fourth-order valence-corrected chi connectivity index (χ4v) is 2.42. The van der Waals surface area contributed by atoms with Crippen LogP contribution in [0.2, 0.25) is 0 Å². The fourth-order valence-electron chi connectivity index (χ4n) is 2.06. The van der Waals surface area contributed by atoms with Crippen molar-refractivity contribution in [1.82, 2.24) is 9.97 Å². The number of nitrogens with zero attached hydrogens (tertiary/aromatic N) is 2. The molecule has 0 unspecified atom stereocenters. The van der Waals surface area contributed by atoms with Crippen molar-refractivity contribution in [2.75, 3.05) is 11.1 Å². The third-order valence-corrected chi connectivity index (χ3v) is 3.53. The number of pyridine rings is 2. The maximum absolute atomic E-state index is 6.04. The van der Waals surface area contributed by atoms with Crippen molar-refractivity contribution < 1.29 is 0 Å². The first-order valence-corrected chi connectivity index (χ1v) is 7.01. The van der Waals surface area contributed by atoms with E-state index in [1.165, 1.54) is 0 Å². The summed E-state index contributed by atoms with van der Waals surface area (Å²) in [6.07, 6.45) is 3.46. The number of halogens is 1. The summed E-state index contributed by atoms with van der Waals surface area (Å²) in [5.74, 6) is 0. The van der Waals surface area contributed by atoms with Crippen LogP contribution in [-0.4, -0.2) is 9.97 Å². The summed E-state index contributed by atoms with van der Waals surface area (Å²) in [6.45, 7) is 0.622. The molecule has 0 bridgehead atoms. The second-order valence-corrected chi connectivity index (χ2v) is 5.34. The summed E-state index contributed by atoms with van der Waals surface area (Å²) in [6, 6.07) is 11.8. The normalized spacial score (nSPS) is 10.7. The Bertz CT molecular complexity index is 738. The molecule has 3 aromatic rings. The van der Waals surface area contributed by atoms with Crippen molar-refractivity contribution in [2.24, 2.45) is 0 Å². The minimum atomic E-state index is 0.622. The standard InChI is InChI=1S/C15H13BrN4/c16-10-4-5-14-12(7-10)15(13(17)9-19-14)20-8-11-3-1-2-6-18-11/h1-7,9H,8,17H2,(H,19,20). The first-order chi connectivity index (χ1) is 9.74. The van der Waals surface area contributed by atoms with Gasteiger partial charge in [-0.3, -0.25) is 9.97 Å². The topological polar surface area (TPSA) is 63.8 Å². The van der Waals surface area contributed by atoms with Gasteiger partial charge in [-0.2, -0.15) is 0 Å². The molecular weight excluding hydrogens is 316 g/mol. The van der Waals surface area contributed by atoms with Gasteiger partial charge in [0.05, 0.1) is 35.3 Å². The van der Waals surface area contributed by atoms with Crippen LogP contribution in [0.5, 0.6) is 0 Å². The highest BCUT2D eigenvalue weighted by Gasteiger charge is 2.07. The largest absolute Gasteiger partial charge is 0.396 e. The van der Waals surface area contributed by atoms with Gasteiger partial charge in [-0.05, 0) is 30.3 Å². The lowest BCUT2D eigenvalue weighted by molar-refractivity contribution is 1.05. The molecule has 0 saturated heterocycles. The highest BCUT2D eigenvalue weighted by Crippen LogP contribution is 2.30. The molecule has 4 nitrogen and oxygen atoms in total. The van der Waals surface area contributed by atoms with Crippen LogP contribution in [0, 0.1) is 0 Å². The molecule has 3 rings (SSSR count). The summed E-state index contributed by atoms with van der Waals surface area (Å²) < 4.78 is 0.998. The van der Waals surface area contributed by atoms with Crippen molar-refractivity contribution in [1.29, 1.82) is 0 Å². The smallest absolute Gasteiger partial charge is 0.0743 e. The van der Waals surface area contributed by atoms with E-state index in [2.05, 4.69) is 31.2 Å². The fraction of sp³-hybridized carbons (Fsp3) is 0.0667. The molecule has 0 spiro atoms. The van der Waals surface area contributed by atoms with E-state index in [0.29, 0.717) is 12.2 Å². The van der Waals surface area contributed by atoms with E-state index in [1.807, 2.05) is 36.4 Å². The van der Waals surface area contributed by atoms with E-state index in [9.17, 15) is 0 Å². The van der Waals surface area contributed by atoms with Gasteiger partial charge in [0.25, 0.3) is 0 Å². The second kappa shape index (κ2) is 5.46. The summed E-state index contributed by atoms with van der Waals surface area (Å²) in [4.78, 5) is 8.63. The zero-order valence-electron chi connectivity index (χ0n) is 10.7. The van der Waals surface area contributed by atoms with Crippen LogP contribution < -0.4 is 11.1 Å². The molecule has 2 aromatic heterocycles. The minimum absolute atomic E-state index is 0.622. The van der Waals surface area contributed by atoms with Crippen LogP contribution in [0.3, 0.4) is 0 Å². The maximum Gasteiger partial charge on any atom is 0.0743 e. The van der Waals surface area contributed by atoms with Gasteiger partial charge in [-0.15, -0.1) is 0 Å². The number of rotatable bonds is 3. The number of nitrogens with one attached hydrogen (secondary N) is 1. The number of anilines is 2. The Hall–Kier alpha value is -2.14. The predicted octanol–water partition coefficient (Wildman–Crippen LogP) is 3.59. The summed E-state index contributed by atoms with van der Waals surface area (Å²) in [5.41, 5.74) is 9.43. The second-order valence-electron chi connectivity index (χ2n) is 4.42. The monoisotopic (exact) mass is 328 g/mol. The highest BCUT2D eigenvalue weighted by atomic mass is 79.9. The number of nitrogen functional groups attached to an aromatic ring is 1. The van der Waals surface area contributed by atoms with Crippen LogP contribution in [-0.2, 0) is 6.54 Å². The Balaban J connectivity index is 1.97. The number of hydrogen-bond acceptors (Lipinski definition) is 4. The molecule has 0 atom stereocenters. The van der Waals surface area contributed by atoms with E-state index in [1.54, 1.807) is 12.4 Å². The molecule has 5 heteroatoms. The molecule has 20 heavy (non-hydrogen) atoms. The quantitative estimate of drug-likeness (QED) is 0.771. The van der Waals surface area contributed by atoms with E-state index < -0.39 is 0 Å². The lowest BCUT2D eigenvalue weighted by Crippen LogP contribution is -2.05. The molecule has 0 amide bonds. The van der Waals surface area contributed by atoms with Crippen molar-refractivity contribution in [3.05, 3.63) is 59.0 Å². The van der Waals surface area contributed by atoms with Crippen LogP contribution in [0.15, 0.2) is 53.3 Å². The minimum Gasteiger partial charge on any atom is -0.396 e. The van der Waals surface area contributed by atoms with Gasteiger partial charge in [0.1, 0.15) is 0 Å². The van der Waals surface area contributed by atoms with Gasteiger partial charge in [0.15, 0.2) is 0 Å². The Labute approximate surface area is 125 Å². The average Bonchev–Trinajstić information content (AvgIpc) is 2.47. The van der Waals surface area contributed by atoms with Gasteiger partial charge in [-0.1, -0.05) is 22.0 Å². The molecule has 3 N–H and O–H groups in total. The first-order valence-electron chi connectivity index (χ1n) is 6.21. The molecule has 0 saturated carbocycles.